The molecule has 1 aromatic carbocycles. The fourth-order valence-corrected chi connectivity index (χ4v) is 1.86. The number of carbonyl (C=O) groups is 2. The minimum Gasteiger partial charge on any atom is -0.442 e. The molecule has 0 saturated heterocycles. The molecule has 1 amide bonds. The summed E-state index contributed by atoms with van der Waals surface area (Å²) in [6.07, 6.45) is 1.33. The summed E-state index contributed by atoms with van der Waals surface area (Å²) < 4.78 is 5.25. The van der Waals surface area contributed by atoms with Gasteiger partial charge in [-0.05, 0) is 39.0 Å². The SMILES string of the molecule is CC(C)(C)OC(=O)N(CC=O)Nc1ccc2ncnc(N)c2c1. The maximum atomic E-state index is 12.1. The Hall–Kier alpha value is -2.90. The van der Waals surface area contributed by atoms with E-state index in [0.717, 1.165) is 5.01 Å². The Morgan fingerprint density at radius 3 is 2.78 bits per heavy atom. The highest BCUT2D eigenvalue weighted by Gasteiger charge is 2.22. The van der Waals surface area contributed by atoms with Gasteiger partial charge >= 0.3 is 6.09 Å². The molecule has 8 nitrogen and oxygen atoms in total. The summed E-state index contributed by atoms with van der Waals surface area (Å²) >= 11 is 0. The van der Waals surface area contributed by atoms with Gasteiger partial charge in [-0.3, -0.25) is 5.43 Å². The van der Waals surface area contributed by atoms with E-state index < -0.39 is 11.7 Å². The number of anilines is 2. The Morgan fingerprint density at radius 1 is 1.39 bits per heavy atom. The van der Waals surface area contributed by atoms with Crippen LogP contribution in [0.15, 0.2) is 24.5 Å². The Morgan fingerprint density at radius 2 is 2.13 bits per heavy atom. The van der Waals surface area contributed by atoms with Crippen LogP contribution in [-0.4, -0.2) is 39.5 Å². The number of nitrogens with one attached hydrogen (secondary N) is 1. The second-order valence-corrected chi connectivity index (χ2v) is 5.86. The highest BCUT2D eigenvalue weighted by atomic mass is 16.6. The van der Waals surface area contributed by atoms with Crippen molar-refractivity contribution in [1.29, 1.82) is 0 Å². The summed E-state index contributed by atoms with van der Waals surface area (Å²) in [7, 11) is 0. The number of nitrogens with zero attached hydrogens (tertiary/aromatic N) is 3. The third-order valence-corrected chi connectivity index (χ3v) is 2.80. The number of hydrazine groups is 1. The van der Waals surface area contributed by atoms with Crippen molar-refractivity contribution in [2.24, 2.45) is 0 Å². The molecule has 23 heavy (non-hydrogen) atoms. The van der Waals surface area contributed by atoms with Crippen molar-refractivity contribution < 1.29 is 14.3 Å². The molecule has 2 rings (SSSR count). The third kappa shape index (κ3) is 4.29. The molecule has 0 saturated carbocycles. The summed E-state index contributed by atoms with van der Waals surface area (Å²) in [5.74, 6) is 0.331. The lowest BCUT2D eigenvalue weighted by atomic mass is 10.2. The first-order chi connectivity index (χ1) is 10.8. The molecule has 0 atom stereocenters. The number of aromatic nitrogens is 2. The van der Waals surface area contributed by atoms with E-state index in [1.165, 1.54) is 6.33 Å². The number of fused-ring (bicyclic) bond motifs is 1. The molecule has 0 spiro atoms. The van der Waals surface area contributed by atoms with Crippen LogP contribution in [0.2, 0.25) is 0 Å². The van der Waals surface area contributed by atoms with Crippen LogP contribution in [-0.2, 0) is 9.53 Å². The van der Waals surface area contributed by atoms with Gasteiger partial charge < -0.3 is 15.3 Å². The largest absolute Gasteiger partial charge is 0.442 e. The molecule has 8 heteroatoms. The van der Waals surface area contributed by atoms with Gasteiger partial charge in [-0.15, -0.1) is 0 Å². The lowest BCUT2D eigenvalue weighted by molar-refractivity contribution is -0.108. The highest BCUT2D eigenvalue weighted by Crippen LogP contribution is 2.21. The molecule has 2 aromatic rings. The summed E-state index contributed by atoms with van der Waals surface area (Å²) in [5, 5.41) is 1.73. The van der Waals surface area contributed by atoms with Crippen molar-refractivity contribution in [2.45, 2.75) is 26.4 Å². The topological polar surface area (TPSA) is 110 Å². The molecule has 0 fully saturated rings. The first-order valence-electron chi connectivity index (χ1n) is 7.01. The number of ether oxygens (including phenoxy) is 1. The lowest BCUT2D eigenvalue weighted by Gasteiger charge is -2.27. The maximum absolute atomic E-state index is 12.1. The Balaban J connectivity index is 2.24. The van der Waals surface area contributed by atoms with E-state index >= 15 is 0 Å². The zero-order valence-electron chi connectivity index (χ0n) is 13.2. The highest BCUT2D eigenvalue weighted by molar-refractivity contribution is 5.90. The maximum Gasteiger partial charge on any atom is 0.429 e. The van der Waals surface area contributed by atoms with E-state index in [9.17, 15) is 9.59 Å². The molecule has 1 aromatic heterocycles. The van der Waals surface area contributed by atoms with Crippen LogP contribution in [0.1, 0.15) is 20.8 Å². The molecule has 1 heterocycles. The summed E-state index contributed by atoms with van der Waals surface area (Å²) in [6, 6.07) is 5.16. The van der Waals surface area contributed by atoms with Crippen molar-refractivity contribution in [2.75, 3.05) is 17.7 Å². The van der Waals surface area contributed by atoms with Crippen molar-refractivity contribution in [3.63, 3.8) is 0 Å². The van der Waals surface area contributed by atoms with Gasteiger partial charge in [-0.25, -0.2) is 19.8 Å². The molecule has 0 bridgehead atoms. The van der Waals surface area contributed by atoms with Gasteiger partial charge in [0.15, 0.2) is 0 Å². The molecule has 0 aliphatic rings. The second-order valence-electron chi connectivity index (χ2n) is 5.86. The van der Waals surface area contributed by atoms with Crippen LogP contribution >= 0.6 is 0 Å². The van der Waals surface area contributed by atoms with Crippen LogP contribution in [0, 0.1) is 0 Å². The summed E-state index contributed by atoms with van der Waals surface area (Å²) in [5.41, 5.74) is 9.23. The monoisotopic (exact) mass is 317 g/mol. The van der Waals surface area contributed by atoms with Gasteiger partial charge in [0.05, 0.1) is 11.2 Å². The quantitative estimate of drug-likeness (QED) is 0.655. The number of rotatable bonds is 4. The number of nitrogens with two attached hydrogens (primary N) is 1. The van der Waals surface area contributed by atoms with Gasteiger partial charge in [0.2, 0.25) is 0 Å². The number of hydrogen-bond donors (Lipinski definition) is 2. The van der Waals surface area contributed by atoms with Crippen LogP contribution in [0.5, 0.6) is 0 Å². The first-order valence-corrected chi connectivity index (χ1v) is 7.01. The van der Waals surface area contributed by atoms with Crippen LogP contribution in [0.3, 0.4) is 0 Å². The fraction of sp³-hybridized carbons (Fsp3) is 0.333. The summed E-state index contributed by atoms with van der Waals surface area (Å²) in [4.78, 5) is 31.0. The van der Waals surface area contributed by atoms with Crippen LogP contribution in [0.4, 0.5) is 16.3 Å². The second kappa shape index (κ2) is 6.47. The average molecular weight is 317 g/mol. The van der Waals surface area contributed by atoms with E-state index in [4.69, 9.17) is 10.5 Å². The van der Waals surface area contributed by atoms with Gasteiger partial charge in [0, 0.05) is 5.39 Å². The Kier molecular flexibility index (Phi) is 4.63. The van der Waals surface area contributed by atoms with Crippen molar-refractivity contribution in [1.82, 2.24) is 15.0 Å². The average Bonchev–Trinajstić information content (AvgIpc) is 2.46. The smallest absolute Gasteiger partial charge is 0.429 e. The number of nitrogen functional groups attached to an aromatic ring is 1. The zero-order valence-corrected chi connectivity index (χ0v) is 13.2. The number of hydrogen-bond acceptors (Lipinski definition) is 7. The number of amides is 1. The van der Waals surface area contributed by atoms with E-state index in [0.29, 0.717) is 28.7 Å². The first kappa shape index (κ1) is 16.5. The molecule has 0 aliphatic heterocycles. The van der Waals surface area contributed by atoms with E-state index in [-0.39, 0.29) is 6.54 Å². The normalized spacial score (nSPS) is 11.1. The molecule has 3 N–H and O–H groups in total. The van der Waals surface area contributed by atoms with E-state index in [1.807, 2.05) is 0 Å². The van der Waals surface area contributed by atoms with Crippen molar-refractivity contribution >= 4 is 34.8 Å². The van der Waals surface area contributed by atoms with Gasteiger partial charge in [0.25, 0.3) is 0 Å². The Labute approximate surface area is 133 Å². The zero-order chi connectivity index (χ0) is 17.0. The van der Waals surface area contributed by atoms with Gasteiger partial charge in [-0.1, -0.05) is 0 Å². The molecular formula is C15H19N5O3. The van der Waals surface area contributed by atoms with Gasteiger partial charge in [0.1, 0.15) is 30.6 Å². The number of aldehydes is 1. The molecule has 122 valence electrons. The van der Waals surface area contributed by atoms with Gasteiger partial charge in [-0.2, -0.15) is 0 Å². The van der Waals surface area contributed by atoms with Crippen LogP contribution < -0.4 is 11.2 Å². The predicted octanol–water partition coefficient (Wildman–Crippen LogP) is 1.97. The molecule has 0 radical (unpaired) electrons. The standard InChI is InChI=1S/C15H19N5O3/c1-15(2,3)23-14(22)20(6-7-21)19-10-4-5-12-11(8-10)13(16)18-9-17-12/h4-5,7-9,19H,6H2,1-3H3,(H2,16,17,18). The molecular weight excluding hydrogens is 298 g/mol. The Bertz CT molecular complexity index is 727. The molecule has 0 unspecified atom stereocenters. The minimum atomic E-state index is -0.665. The van der Waals surface area contributed by atoms with Crippen molar-refractivity contribution in [3.8, 4) is 0 Å². The fourth-order valence-electron chi connectivity index (χ4n) is 1.86. The van der Waals surface area contributed by atoms with Crippen LogP contribution in [0.25, 0.3) is 10.9 Å². The lowest BCUT2D eigenvalue weighted by Crippen LogP contribution is -2.41. The third-order valence-electron chi connectivity index (χ3n) is 2.80. The summed E-state index contributed by atoms with van der Waals surface area (Å²) in [6.45, 7) is 5.09. The van der Waals surface area contributed by atoms with E-state index in [2.05, 4.69) is 15.4 Å². The predicted molar refractivity (Wildman–Crippen MR) is 86.6 cm³/mol. The molecule has 0 aliphatic carbocycles. The van der Waals surface area contributed by atoms with E-state index in [1.54, 1.807) is 39.0 Å². The van der Waals surface area contributed by atoms with Crippen molar-refractivity contribution in [3.05, 3.63) is 24.5 Å². The number of carbonyl (C=O) groups excluding carboxylic acids is 2. The number of benzene rings is 1. The minimum absolute atomic E-state index is 0.159.